The summed E-state index contributed by atoms with van der Waals surface area (Å²) in [5, 5.41) is 2.71. The average Bonchev–Trinajstić information content (AvgIpc) is 2.36. The van der Waals surface area contributed by atoms with Crippen LogP contribution in [0.1, 0.15) is 50.0 Å². The second-order valence-corrected chi connectivity index (χ2v) is 5.64. The number of hydrogen-bond donors (Lipinski definition) is 1. The first kappa shape index (κ1) is 16.2. The number of benzene rings is 1. The average molecular weight is 277 g/mol. The fourth-order valence-corrected chi connectivity index (χ4v) is 1.66. The van der Waals surface area contributed by atoms with Crippen molar-refractivity contribution >= 4 is 11.9 Å². The second-order valence-electron chi connectivity index (χ2n) is 5.64. The first-order valence-electron chi connectivity index (χ1n) is 6.91. The molecular weight excluding hydrogens is 254 g/mol. The van der Waals surface area contributed by atoms with Crippen molar-refractivity contribution in [3.63, 3.8) is 0 Å². The van der Waals surface area contributed by atoms with Crippen LogP contribution in [-0.4, -0.2) is 24.0 Å². The van der Waals surface area contributed by atoms with Crippen LogP contribution in [0.4, 0.5) is 0 Å². The Morgan fingerprint density at radius 3 is 2.25 bits per heavy atom. The zero-order valence-electron chi connectivity index (χ0n) is 12.7. The Labute approximate surface area is 120 Å². The molecule has 4 nitrogen and oxygen atoms in total. The van der Waals surface area contributed by atoms with Crippen LogP contribution in [0.5, 0.6) is 0 Å². The Hall–Kier alpha value is -1.84. The lowest BCUT2D eigenvalue weighted by Crippen LogP contribution is -2.29. The molecule has 1 N–H and O–H groups in total. The molecule has 0 saturated heterocycles. The molecule has 4 heteroatoms. The van der Waals surface area contributed by atoms with E-state index in [9.17, 15) is 9.59 Å². The number of nitrogens with one attached hydrogen (secondary N) is 1. The fourth-order valence-electron chi connectivity index (χ4n) is 1.66. The number of aryl methyl sites for hydroxylation is 1. The van der Waals surface area contributed by atoms with Crippen LogP contribution in [-0.2, 0) is 16.0 Å². The smallest absolute Gasteiger partial charge is 0.308 e. The van der Waals surface area contributed by atoms with E-state index >= 15 is 0 Å². The highest BCUT2D eigenvalue weighted by molar-refractivity contribution is 5.94. The van der Waals surface area contributed by atoms with E-state index in [1.54, 1.807) is 12.1 Å². The van der Waals surface area contributed by atoms with Crippen molar-refractivity contribution in [2.45, 2.75) is 46.1 Å². The molecule has 0 atom stereocenters. The van der Waals surface area contributed by atoms with Crippen LogP contribution in [0.25, 0.3) is 0 Å². The Morgan fingerprint density at radius 1 is 1.15 bits per heavy atom. The van der Waals surface area contributed by atoms with Crippen molar-refractivity contribution in [3.05, 3.63) is 35.4 Å². The number of carbonyl (C=O) groups is 2. The van der Waals surface area contributed by atoms with Gasteiger partial charge in [0.15, 0.2) is 0 Å². The van der Waals surface area contributed by atoms with Gasteiger partial charge in [0.2, 0.25) is 0 Å². The minimum Gasteiger partial charge on any atom is -0.460 e. The lowest BCUT2D eigenvalue weighted by atomic mass is 10.1. The lowest BCUT2D eigenvalue weighted by molar-refractivity contribution is -0.154. The van der Waals surface area contributed by atoms with Gasteiger partial charge in [0.25, 0.3) is 5.91 Å². The highest BCUT2D eigenvalue weighted by atomic mass is 16.6. The highest BCUT2D eigenvalue weighted by Gasteiger charge is 2.16. The van der Waals surface area contributed by atoms with Crippen LogP contribution in [0.3, 0.4) is 0 Å². The maximum atomic E-state index is 11.8. The van der Waals surface area contributed by atoms with Crippen LogP contribution in [0.2, 0.25) is 0 Å². The first-order chi connectivity index (χ1) is 9.31. The van der Waals surface area contributed by atoms with Crippen LogP contribution in [0.15, 0.2) is 24.3 Å². The molecule has 0 aromatic heterocycles. The van der Waals surface area contributed by atoms with Gasteiger partial charge in [-0.15, -0.1) is 0 Å². The lowest BCUT2D eigenvalue weighted by Gasteiger charge is -2.19. The predicted molar refractivity (Wildman–Crippen MR) is 78.6 cm³/mol. The molecule has 0 fully saturated rings. The monoisotopic (exact) mass is 277 g/mol. The molecule has 0 aliphatic carbocycles. The second kappa shape index (κ2) is 7.08. The van der Waals surface area contributed by atoms with Gasteiger partial charge >= 0.3 is 5.97 Å². The normalized spacial score (nSPS) is 11.0. The number of rotatable bonds is 5. The number of amides is 1. The fraction of sp³-hybridized carbons (Fsp3) is 0.500. The standard InChI is InChI=1S/C16H23NO3/c1-5-12-6-8-13(9-7-12)15(19)17-11-10-14(18)20-16(2,3)4/h6-9H,5,10-11H2,1-4H3,(H,17,19). The van der Waals surface area contributed by atoms with Gasteiger partial charge in [-0.3, -0.25) is 9.59 Å². The van der Waals surface area contributed by atoms with E-state index in [2.05, 4.69) is 12.2 Å². The van der Waals surface area contributed by atoms with Gasteiger partial charge in [-0.25, -0.2) is 0 Å². The predicted octanol–water partition coefficient (Wildman–Crippen LogP) is 2.71. The topological polar surface area (TPSA) is 55.4 Å². The summed E-state index contributed by atoms with van der Waals surface area (Å²) in [6, 6.07) is 7.45. The van der Waals surface area contributed by atoms with Gasteiger partial charge in [-0.2, -0.15) is 0 Å². The van der Waals surface area contributed by atoms with Gasteiger partial charge in [-0.05, 0) is 44.9 Å². The summed E-state index contributed by atoms with van der Waals surface area (Å²) in [4.78, 5) is 23.3. The van der Waals surface area contributed by atoms with Gasteiger partial charge in [-0.1, -0.05) is 19.1 Å². The minimum atomic E-state index is -0.489. The molecule has 0 radical (unpaired) electrons. The molecule has 1 aromatic rings. The Kier molecular flexibility index (Phi) is 5.74. The molecule has 0 aliphatic heterocycles. The van der Waals surface area contributed by atoms with Gasteiger partial charge in [0, 0.05) is 12.1 Å². The summed E-state index contributed by atoms with van der Waals surface area (Å²) >= 11 is 0. The molecule has 0 spiro atoms. The third-order valence-corrected chi connectivity index (χ3v) is 2.66. The third-order valence-electron chi connectivity index (χ3n) is 2.66. The molecule has 20 heavy (non-hydrogen) atoms. The summed E-state index contributed by atoms with van der Waals surface area (Å²) in [6.45, 7) is 7.80. The molecule has 1 amide bonds. The largest absolute Gasteiger partial charge is 0.460 e. The Morgan fingerprint density at radius 2 is 1.75 bits per heavy atom. The van der Waals surface area contributed by atoms with Crippen molar-refractivity contribution < 1.29 is 14.3 Å². The maximum Gasteiger partial charge on any atom is 0.308 e. The van der Waals surface area contributed by atoms with Crippen LogP contribution in [0, 0.1) is 0 Å². The number of carbonyl (C=O) groups excluding carboxylic acids is 2. The van der Waals surface area contributed by atoms with Gasteiger partial charge in [0.05, 0.1) is 6.42 Å². The highest BCUT2D eigenvalue weighted by Crippen LogP contribution is 2.08. The van der Waals surface area contributed by atoms with Gasteiger partial charge < -0.3 is 10.1 Å². The SMILES string of the molecule is CCc1ccc(C(=O)NCCC(=O)OC(C)(C)C)cc1. The maximum absolute atomic E-state index is 11.8. The van der Waals surface area contributed by atoms with E-state index in [4.69, 9.17) is 4.74 Å². The van der Waals surface area contributed by atoms with E-state index in [0.29, 0.717) is 5.56 Å². The van der Waals surface area contributed by atoms with E-state index in [1.165, 1.54) is 5.56 Å². The molecule has 0 bridgehead atoms. The minimum absolute atomic E-state index is 0.170. The third kappa shape index (κ3) is 5.87. The Balaban J connectivity index is 2.38. The van der Waals surface area contributed by atoms with Crippen molar-refractivity contribution in [1.82, 2.24) is 5.32 Å². The zero-order valence-corrected chi connectivity index (χ0v) is 12.7. The summed E-state index contributed by atoms with van der Waals surface area (Å²) in [5.74, 6) is -0.477. The zero-order chi connectivity index (χ0) is 15.2. The van der Waals surface area contributed by atoms with E-state index < -0.39 is 5.60 Å². The molecule has 0 saturated carbocycles. The van der Waals surface area contributed by atoms with Gasteiger partial charge in [0.1, 0.15) is 5.60 Å². The van der Waals surface area contributed by atoms with Crippen molar-refractivity contribution in [2.24, 2.45) is 0 Å². The summed E-state index contributed by atoms with van der Waals surface area (Å²) in [7, 11) is 0. The van der Waals surface area contributed by atoms with Crippen LogP contribution < -0.4 is 5.32 Å². The molecule has 0 aliphatic rings. The quantitative estimate of drug-likeness (QED) is 0.842. The van der Waals surface area contributed by atoms with Crippen LogP contribution >= 0.6 is 0 Å². The van der Waals surface area contributed by atoms with E-state index in [0.717, 1.165) is 6.42 Å². The summed E-state index contributed by atoms with van der Waals surface area (Å²) < 4.78 is 5.17. The molecule has 0 heterocycles. The number of hydrogen-bond acceptors (Lipinski definition) is 3. The number of ether oxygens (including phenoxy) is 1. The van der Waals surface area contributed by atoms with E-state index in [1.807, 2.05) is 32.9 Å². The molecule has 1 rings (SSSR count). The molecule has 0 unspecified atom stereocenters. The molecule has 110 valence electrons. The van der Waals surface area contributed by atoms with Crippen molar-refractivity contribution in [2.75, 3.05) is 6.54 Å². The summed E-state index contributed by atoms with van der Waals surface area (Å²) in [5.41, 5.74) is 1.30. The summed E-state index contributed by atoms with van der Waals surface area (Å²) in [6.07, 6.45) is 1.12. The molecule has 1 aromatic carbocycles. The van der Waals surface area contributed by atoms with Crippen molar-refractivity contribution in [3.8, 4) is 0 Å². The van der Waals surface area contributed by atoms with E-state index in [-0.39, 0.29) is 24.8 Å². The number of esters is 1. The Bertz CT molecular complexity index is 458. The van der Waals surface area contributed by atoms with Crippen molar-refractivity contribution in [1.29, 1.82) is 0 Å². The molecular formula is C16H23NO3. The first-order valence-corrected chi connectivity index (χ1v) is 6.91.